The smallest absolute Gasteiger partial charge is 0.250 e. The maximum atomic E-state index is 12.4. The van der Waals surface area contributed by atoms with Gasteiger partial charge >= 0.3 is 0 Å². The van der Waals surface area contributed by atoms with Gasteiger partial charge in [0.1, 0.15) is 6.10 Å². The molecule has 5 heteroatoms. The Bertz CT molecular complexity index is 477. The van der Waals surface area contributed by atoms with Gasteiger partial charge in [0.05, 0.1) is 6.61 Å². The quantitative estimate of drug-likeness (QED) is 0.885. The summed E-state index contributed by atoms with van der Waals surface area (Å²) in [5.41, 5.74) is 1.37. The summed E-state index contributed by atoms with van der Waals surface area (Å²) in [7, 11) is 0. The molecular formula is C18H27ClN2O2. The van der Waals surface area contributed by atoms with Gasteiger partial charge in [0.15, 0.2) is 0 Å². The maximum Gasteiger partial charge on any atom is 0.250 e. The van der Waals surface area contributed by atoms with Gasteiger partial charge in [-0.1, -0.05) is 43.2 Å². The van der Waals surface area contributed by atoms with Crippen LogP contribution in [0.5, 0.6) is 0 Å². The van der Waals surface area contributed by atoms with Gasteiger partial charge in [-0.2, -0.15) is 0 Å². The van der Waals surface area contributed by atoms with E-state index in [0.717, 1.165) is 19.4 Å². The maximum absolute atomic E-state index is 12.4. The second-order valence-electron chi connectivity index (χ2n) is 6.41. The first-order chi connectivity index (χ1) is 10.8. The molecule has 2 aliphatic rings. The van der Waals surface area contributed by atoms with Gasteiger partial charge in [-0.15, -0.1) is 12.4 Å². The Labute approximate surface area is 144 Å². The van der Waals surface area contributed by atoms with Crippen molar-refractivity contribution in [3.8, 4) is 0 Å². The Morgan fingerprint density at radius 3 is 2.74 bits per heavy atom. The summed E-state index contributed by atoms with van der Waals surface area (Å²) >= 11 is 0. The third-order valence-electron chi connectivity index (χ3n) is 4.80. The number of nitrogens with one attached hydrogen (secondary N) is 2. The molecule has 1 aromatic rings. The van der Waals surface area contributed by atoms with Crippen molar-refractivity contribution in [2.75, 3.05) is 19.7 Å². The summed E-state index contributed by atoms with van der Waals surface area (Å²) in [4.78, 5) is 12.4. The molecule has 128 valence electrons. The first-order valence-corrected chi connectivity index (χ1v) is 8.49. The van der Waals surface area contributed by atoms with Crippen molar-refractivity contribution in [1.82, 2.24) is 10.6 Å². The number of carbonyl (C=O) groups is 1. The average Bonchev–Trinajstić information content (AvgIpc) is 2.58. The summed E-state index contributed by atoms with van der Waals surface area (Å²) in [6.45, 7) is 2.09. The highest BCUT2D eigenvalue weighted by Gasteiger charge is 2.30. The lowest BCUT2D eigenvalue weighted by Crippen LogP contribution is -2.52. The van der Waals surface area contributed by atoms with Gasteiger partial charge in [0, 0.05) is 19.1 Å². The van der Waals surface area contributed by atoms with E-state index in [0.29, 0.717) is 19.1 Å². The number of ether oxygens (including phenoxy) is 1. The highest BCUT2D eigenvalue weighted by Crippen LogP contribution is 2.27. The largest absolute Gasteiger partial charge is 0.366 e. The van der Waals surface area contributed by atoms with E-state index in [-0.39, 0.29) is 30.5 Å². The van der Waals surface area contributed by atoms with E-state index in [1.807, 2.05) is 0 Å². The fraction of sp³-hybridized carbons (Fsp3) is 0.611. The van der Waals surface area contributed by atoms with Crippen LogP contribution in [-0.2, 0) is 16.0 Å². The molecule has 3 unspecified atom stereocenters. The minimum absolute atomic E-state index is 0. The Hall–Kier alpha value is -1.10. The normalized spacial score (nSPS) is 27.7. The summed E-state index contributed by atoms with van der Waals surface area (Å²) in [5, 5.41) is 6.47. The molecule has 1 saturated heterocycles. The molecule has 23 heavy (non-hydrogen) atoms. The van der Waals surface area contributed by atoms with Crippen molar-refractivity contribution in [3.05, 3.63) is 35.9 Å². The summed E-state index contributed by atoms with van der Waals surface area (Å²) in [6, 6.07) is 10.9. The van der Waals surface area contributed by atoms with Crippen molar-refractivity contribution in [3.63, 3.8) is 0 Å². The van der Waals surface area contributed by atoms with Crippen molar-refractivity contribution < 1.29 is 9.53 Å². The molecule has 0 bridgehead atoms. The highest BCUT2D eigenvalue weighted by atomic mass is 35.5. The number of benzene rings is 1. The van der Waals surface area contributed by atoms with E-state index >= 15 is 0 Å². The van der Waals surface area contributed by atoms with Crippen molar-refractivity contribution >= 4 is 18.3 Å². The Morgan fingerprint density at radius 1 is 1.22 bits per heavy atom. The van der Waals surface area contributed by atoms with Crippen molar-refractivity contribution in [2.24, 2.45) is 5.92 Å². The number of carbonyl (C=O) groups excluding carboxylic acids is 1. The zero-order valence-electron chi connectivity index (χ0n) is 13.5. The number of hydrogen-bond donors (Lipinski definition) is 2. The second-order valence-corrected chi connectivity index (χ2v) is 6.41. The summed E-state index contributed by atoms with van der Waals surface area (Å²) < 4.78 is 5.56. The standard InChI is InChI=1S/C18H26N2O2.ClH/c21-18(17-13-19-10-11-22-17)20-16-9-5-4-8-15(16)12-14-6-2-1-3-7-14;/h1-3,6-7,15-17,19H,4-5,8-13H2,(H,20,21);1H. The summed E-state index contributed by atoms with van der Waals surface area (Å²) in [6.07, 6.45) is 5.49. The van der Waals surface area contributed by atoms with Crippen LogP contribution in [0.1, 0.15) is 31.2 Å². The zero-order chi connectivity index (χ0) is 15.2. The third kappa shape index (κ3) is 5.20. The molecule has 0 spiro atoms. The van der Waals surface area contributed by atoms with Crippen LogP contribution in [0.3, 0.4) is 0 Å². The van der Waals surface area contributed by atoms with Gasteiger partial charge in [0.25, 0.3) is 5.91 Å². The van der Waals surface area contributed by atoms with Crippen molar-refractivity contribution in [1.29, 1.82) is 0 Å². The van der Waals surface area contributed by atoms with E-state index < -0.39 is 0 Å². The van der Waals surface area contributed by atoms with E-state index in [4.69, 9.17) is 4.74 Å². The minimum Gasteiger partial charge on any atom is -0.366 e. The van der Waals surface area contributed by atoms with Crippen LogP contribution in [0.25, 0.3) is 0 Å². The molecule has 1 amide bonds. The fourth-order valence-electron chi connectivity index (χ4n) is 3.57. The molecule has 1 aromatic carbocycles. The summed E-state index contributed by atoms with van der Waals surface area (Å²) in [5.74, 6) is 0.591. The van der Waals surface area contributed by atoms with Gasteiger partial charge in [0.2, 0.25) is 0 Å². The predicted octanol–water partition coefficient (Wildman–Crippen LogP) is 2.31. The van der Waals surface area contributed by atoms with E-state index in [9.17, 15) is 4.79 Å². The molecule has 3 atom stereocenters. The average molecular weight is 339 g/mol. The topological polar surface area (TPSA) is 50.4 Å². The lowest BCUT2D eigenvalue weighted by Gasteiger charge is -2.34. The molecule has 1 saturated carbocycles. The van der Waals surface area contributed by atoms with E-state index in [2.05, 4.69) is 41.0 Å². The lowest BCUT2D eigenvalue weighted by atomic mass is 9.80. The van der Waals surface area contributed by atoms with Gasteiger partial charge in [-0.3, -0.25) is 4.79 Å². The second kappa shape index (κ2) is 9.26. The van der Waals surface area contributed by atoms with Gasteiger partial charge in [-0.25, -0.2) is 0 Å². The molecule has 0 aromatic heterocycles. The van der Waals surface area contributed by atoms with Crippen LogP contribution in [-0.4, -0.2) is 37.7 Å². The highest BCUT2D eigenvalue weighted by molar-refractivity contribution is 5.85. The first kappa shape index (κ1) is 18.2. The van der Waals surface area contributed by atoms with Crippen LogP contribution in [0.4, 0.5) is 0 Å². The Morgan fingerprint density at radius 2 is 2.00 bits per heavy atom. The van der Waals surface area contributed by atoms with Gasteiger partial charge < -0.3 is 15.4 Å². The number of rotatable bonds is 4. The van der Waals surface area contributed by atoms with Crippen molar-refractivity contribution in [2.45, 2.75) is 44.2 Å². The molecule has 4 nitrogen and oxygen atoms in total. The van der Waals surface area contributed by atoms with E-state index in [1.54, 1.807) is 0 Å². The van der Waals surface area contributed by atoms with Crippen LogP contribution >= 0.6 is 12.4 Å². The SMILES string of the molecule is Cl.O=C(NC1CCCCC1Cc1ccccc1)C1CNCCO1. The number of morpholine rings is 1. The van der Waals surface area contributed by atoms with Crippen LogP contribution in [0.15, 0.2) is 30.3 Å². The third-order valence-corrected chi connectivity index (χ3v) is 4.80. The lowest BCUT2D eigenvalue weighted by molar-refractivity contribution is -0.135. The predicted molar refractivity (Wildman–Crippen MR) is 93.9 cm³/mol. The molecule has 2 fully saturated rings. The number of halogens is 1. The molecular weight excluding hydrogens is 312 g/mol. The van der Waals surface area contributed by atoms with Crippen LogP contribution in [0.2, 0.25) is 0 Å². The number of amides is 1. The van der Waals surface area contributed by atoms with Crippen LogP contribution < -0.4 is 10.6 Å². The van der Waals surface area contributed by atoms with Crippen LogP contribution in [0, 0.1) is 5.92 Å². The number of hydrogen-bond acceptors (Lipinski definition) is 3. The fourth-order valence-corrected chi connectivity index (χ4v) is 3.57. The molecule has 1 aliphatic carbocycles. The minimum atomic E-state index is -0.326. The van der Waals surface area contributed by atoms with Gasteiger partial charge in [-0.05, 0) is 30.7 Å². The molecule has 1 heterocycles. The molecule has 1 aliphatic heterocycles. The van der Waals surface area contributed by atoms with E-state index in [1.165, 1.54) is 24.8 Å². The zero-order valence-corrected chi connectivity index (χ0v) is 14.3. The first-order valence-electron chi connectivity index (χ1n) is 8.49. The molecule has 3 rings (SSSR count). The Balaban J connectivity index is 0.00000192. The molecule has 0 radical (unpaired) electrons. The molecule has 2 N–H and O–H groups in total. The monoisotopic (exact) mass is 338 g/mol. The Kier molecular flexibility index (Phi) is 7.34.